The highest BCUT2D eigenvalue weighted by molar-refractivity contribution is 5.26. The molecule has 1 atom stereocenters. The summed E-state index contributed by atoms with van der Waals surface area (Å²) in [6.45, 7) is 1.79. The molecule has 0 heterocycles. The molecule has 0 radical (unpaired) electrons. The highest BCUT2D eigenvalue weighted by Gasteiger charge is 2.36. The largest absolute Gasteiger partial charge is 0.414 e. The first kappa shape index (κ1) is 15.0. The monoisotopic (exact) mass is 261 g/mol. The van der Waals surface area contributed by atoms with Gasteiger partial charge in [-0.3, -0.25) is 0 Å². The molecule has 0 spiro atoms. The van der Waals surface area contributed by atoms with E-state index < -0.39 is 12.3 Å². The van der Waals surface area contributed by atoms with Gasteiger partial charge in [-0.2, -0.15) is 13.2 Å². The molecular formula is C13H18F3NO. The van der Waals surface area contributed by atoms with Crippen LogP contribution in [-0.4, -0.2) is 25.9 Å². The zero-order valence-corrected chi connectivity index (χ0v) is 10.6. The lowest BCUT2D eigenvalue weighted by Crippen LogP contribution is -2.28. The van der Waals surface area contributed by atoms with E-state index >= 15 is 0 Å². The summed E-state index contributed by atoms with van der Waals surface area (Å²) in [6, 6.07) is 7.39. The van der Waals surface area contributed by atoms with Gasteiger partial charge in [-0.25, -0.2) is 0 Å². The maximum Gasteiger partial charge on any atom is 0.414 e. The quantitative estimate of drug-likeness (QED) is 0.850. The number of halogens is 3. The van der Waals surface area contributed by atoms with Crippen molar-refractivity contribution in [3.05, 3.63) is 35.4 Å². The van der Waals surface area contributed by atoms with Crippen LogP contribution < -0.4 is 5.32 Å². The van der Waals surface area contributed by atoms with Crippen LogP contribution in [0.4, 0.5) is 13.2 Å². The SMILES string of the molecule is CNCCc1ccccc1COC(C)C(F)(F)F. The minimum Gasteiger partial charge on any atom is -0.364 e. The minimum atomic E-state index is -4.31. The Labute approximate surface area is 105 Å². The fourth-order valence-corrected chi connectivity index (χ4v) is 1.51. The van der Waals surface area contributed by atoms with Gasteiger partial charge < -0.3 is 10.1 Å². The third-order valence-corrected chi connectivity index (χ3v) is 2.71. The van der Waals surface area contributed by atoms with Crippen molar-refractivity contribution in [2.75, 3.05) is 13.6 Å². The van der Waals surface area contributed by atoms with Crippen molar-refractivity contribution in [3.8, 4) is 0 Å². The first-order valence-corrected chi connectivity index (χ1v) is 5.85. The lowest BCUT2D eigenvalue weighted by atomic mass is 10.1. The Morgan fingerprint density at radius 3 is 2.39 bits per heavy atom. The van der Waals surface area contributed by atoms with E-state index in [1.165, 1.54) is 0 Å². The summed E-state index contributed by atoms with van der Waals surface area (Å²) in [6.07, 6.45) is -5.27. The summed E-state index contributed by atoms with van der Waals surface area (Å²) in [5.41, 5.74) is 1.82. The zero-order valence-electron chi connectivity index (χ0n) is 10.6. The van der Waals surface area contributed by atoms with Gasteiger partial charge in [-0.15, -0.1) is 0 Å². The van der Waals surface area contributed by atoms with Gasteiger partial charge in [-0.1, -0.05) is 24.3 Å². The molecule has 0 fully saturated rings. The normalized spacial score (nSPS) is 13.6. The van der Waals surface area contributed by atoms with E-state index in [-0.39, 0.29) is 6.61 Å². The summed E-state index contributed by atoms with van der Waals surface area (Å²) < 4.78 is 41.8. The summed E-state index contributed by atoms with van der Waals surface area (Å²) >= 11 is 0. The zero-order chi connectivity index (χ0) is 13.6. The number of likely N-dealkylation sites (N-methyl/N-ethyl adjacent to an activating group) is 1. The Morgan fingerprint density at radius 1 is 1.22 bits per heavy atom. The van der Waals surface area contributed by atoms with Crippen LogP contribution in [0.2, 0.25) is 0 Å². The fraction of sp³-hybridized carbons (Fsp3) is 0.538. The van der Waals surface area contributed by atoms with Gasteiger partial charge in [0.25, 0.3) is 0 Å². The third-order valence-electron chi connectivity index (χ3n) is 2.71. The lowest BCUT2D eigenvalue weighted by Gasteiger charge is -2.17. The van der Waals surface area contributed by atoms with Crippen molar-refractivity contribution in [1.82, 2.24) is 5.32 Å². The summed E-state index contributed by atoms with van der Waals surface area (Å²) in [7, 11) is 1.84. The second-order valence-electron chi connectivity index (χ2n) is 4.12. The van der Waals surface area contributed by atoms with Crippen LogP contribution in [0, 0.1) is 0 Å². The van der Waals surface area contributed by atoms with Gasteiger partial charge >= 0.3 is 6.18 Å². The molecule has 0 aliphatic heterocycles. The number of hydrogen-bond acceptors (Lipinski definition) is 2. The maximum atomic E-state index is 12.3. The molecule has 0 saturated carbocycles. The summed E-state index contributed by atoms with van der Waals surface area (Å²) in [5.74, 6) is 0. The average Bonchev–Trinajstić information content (AvgIpc) is 2.33. The molecule has 1 aromatic rings. The number of hydrogen-bond donors (Lipinski definition) is 1. The number of nitrogens with one attached hydrogen (secondary N) is 1. The van der Waals surface area contributed by atoms with Crippen LogP contribution in [0.15, 0.2) is 24.3 Å². The number of benzene rings is 1. The fourth-order valence-electron chi connectivity index (χ4n) is 1.51. The predicted molar refractivity (Wildman–Crippen MR) is 64.4 cm³/mol. The predicted octanol–water partition coefficient (Wildman–Crippen LogP) is 2.92. The molecule has 18 heavy (non-hydrogen) atoms. The van der Waals surface area contributed by atoms with Gasteiger partial charge in [0.05, 0.1) is 6.61 Å². The standard InChI is InChI=1S/C13H18F3NO/c1-10(13(14,15)16)18-9-12-6-4-3-5-11(12)7-8-17-2/h3-6,10,17H,7-9H2,1-2H3. The van der Waals surface area contributed by atoms with E-state index in [1.807, 2.05) is 19.2 Å². The topological polar surface area (TPSA) is 21.3 Å². The van der Waals surface area contributed by atoms with Crippen LogP contribution in [0.3, 0.4) is 0 Å². The molecule has 0 aromatic heterocycles. The summed E-state index contributed by atoms with van der Waals surface area (Å²) in [5, 5.41) is 3.01. The Hall–Kier alpha value is -1.07. The van der Waals surface area contributed by atoms with E-state index in [2.05, 4.69) is 5.32 Å². The minimum absolute atomic E-state index is 0.0133. The van der Waals surface area contributed by atoms with Crippen molar-refractivity contribution < 1.29 is 17.9 Å². The smallest absolute Gasteiger partial charge is 0.364 e. The number of ether oxygens (including phenoxy) is 1. The van der Waals surface area contributed by atoms with Crippen molar-refractivity contribution >= 4 is 0 Å². The second kappa shape index (κ2) is 6.75. The maximum absolute atomic E-state index is 12.3. The molecule has 5 heteroatoms. The number of alkyl halides is 3. The Kier molecular flexibility index (Phi) is 5.62. The highest BCUT2D eigenvalue weighted by Crippen LogP contribution is 2.23. The van der Waals surface area contributed by atoms with E-state index in [1.54, 1.807) is 12.1 Å². The van der Waals surface area contributed by atoms with Crippen molar-refractivity contribution in [1.29, 1.82) is 0 Å². The van der Waals surface area contributed by atoms with Crippen molar-refractivity contribution in [2.24, 2.45) is 0 Å². The number of rotatable bonds is 6. The van der Waals surface area contributed by atoms with Crippen LogP contribution in [0.25, 0.3) is 0 Å². The van der Waals surface area contributed by atoms with E-state index in [0.717, 1.165) is 31.0 Å². The van der Waals surface area contributed by atoms with Crippen LogP contribution >= 0.6 is 0 Å². The molecule has 0 amide bonds. The molecule has 1 unspecified atom stereocenters. The third kappa shape index (κ3) is 4.66. The van der Waals surface area contributed by atoms with Gasteiger partial charge in [0, 0.05) is 0 Å². The van der Waals surface area contributed by atoms with E-state index in [0.29, 0.717) is 0 Å². The first-order valence-electron chi connectivity index (χ1n) is 5.85. The Bertz CT molecular complexity index is 365. The van der Waals surface area contributed by atoms with Gasteiger partial charge in [0.15, 0.2) is 6.10 Å². The Morgan fingerprint density at radius 2 is 1.83 bits per heavy atom. The van der Waals surface area contributed by atoms with Crippen LogP contribution in [-0.2, 0) is 17.8 Å². The molecule has 1 N–H and O–H groups in total. The van der Waals surface area contributed by atoms with E-state index in [4.69, 9.17) is 4.74 Å². The molecule has 0 saturated heterocycles. The summed E-state index contributed by atoms with van der Waals surface area (Å²) in [4.78, 5) is 0. The van der Waals surface area contributed by atoms with E-state index in [9.17, 15) is 13.2 Å². The molecule has 1 rings (SSSR count). The van der Waals surface area contributed by atoms with Gasteiger partial charge in [-0.05, 0) is 38.1 Å². The van der Waals surface area contributed by atoms with Crippen LogP contribution in [0.5, 0.6) is 0 Å². The lowest BCUT2D eigenvalue weighted by molar-refractivity contribution is -0.217. The molecule has 1 aromatic carbocycles. The second-order valence-corrected chi connectivity index (χ2v) is 4.12. The van der Waals surface area contributed by atoms with Gasteiger partial charge in [0.2, 0.25) is 0 Å². The molecule has 0 aliphatic carbocycles. The van der Waals surface area contributed by atoms with Crippen molar-refractivity contribution in [2.45, 2.75) is 32.2 Å². The molecule has 0 aliphatic rings. The molecule has 2 nitrogen and oxygen atoms in total. The Balaban J connectivity index is 2.61. The van der Waals surface area contributed by atoms with Crippen LogP contribution in [0.1, 0.15) is 18.1 Å². The van der Waals surface area contributed by atoms with Crippen molar-refractivity contribution in [3.63, 3.8) is 0 Å². The van der Waals surface area contributed by atoms with Gasteiger partial charge in [0.1, 0.15) is 0 Å². The first-order chi connectivity index (χ1) is 8.45. The molecular weight excluding hydrogens is 243 g/mol. The average molecular weight is 261 g/mol. The molecule has 0 bridgehead atoms. The molecule has 102 valence electrons. The highest BCUT2D eigenvalue weighted by atomic mass is 19.4.